The first kappa shape index (κ1) is 12.7. The SMILES string of the molecule is Cc1c[n+]2c(n1Cc1ccc(Cl)cc1)-c1ccccc1C2. The minimum Gasteiger partial charge on any atom is -0.225 e. The fraction of sp³-hybridized carbons (Fsp3) is 0.167. The van der Waals surface area contributed by atoms with E-state index in [0.717, 1.165) is 18.1 Å². The van der Waals surface area contributed by atoms with Gasteiger partial charge in [-0.05, 0) is 23.8 Å². The standard InChI is InChI=1S/C18H16ClN2/c1-13-10-20-12-15-4-2-3-5-17(15)18(20)21(13)11-14-6-8-16(19)9-7-14/h2-10H,11-12H2,1H3/q+1. The van der Waals surface area contributed by atoms with Crippen LogP contribution in [0.5, 0.6) is 0 Å². The number of halogens is 1. The number of aryl methyl sites for hydroxylation is 1. The van der Waals surface area contributed by atoms with Gasteiger partial charge < -0.3 is 0 Å². The fourth-order valence-corrected chi connectivity index (χ4v) is 3.26. The van der Waals surface area contributed by atoms with Crippen molar-refractivity contribution < 1.29 is 4.57 Å². The molecule has 104 valence electrons. The van der Waals surface area contributed by atoms with Crippen molar-refractivity contribution in [3.63, 3.8) is 0 Å². The van der Waals surface area contributed by atoms with Crippen LogP contribution in [0, 0.1) is 6.92 Å². The Hall–Kier alpha value is -2.06. The summed E-state index contributed by atoms with van der Waals surface area (Å²) in [6, 6.07) is 16.8. The zero-order chi connectivity index (χ0) is 14.4. The van der Waals surface area contributed by atoms with Gasteiger partial charge in [-0.2, -0.15) is 0 Å². The van der Waals surface area contributed by atoms with Gasteiger partial charge in [0.15, 0.2) is 0 Å². The molecule has 0 N–H and O–H groups in total. The summed E-state index contributed by atoms with van der Waals surface area (Å²) < 4.78 is 4.73. The first-order valence-electron chi connectivity index (χ1n) is 7.14. The zero-order valence-electron chi connectivity index (χ0n) is 11.9. The van der Waals surface area contributed by atoms with Crippen LogP contribution in [-0.4, -0.2) is 4.57 Å². The lowest BCUT2D eigenvalue weighted by Gasteiger charge is -2.04. The maximum Gasteiger partial charge on any atom is 0.290 e. The maximum absolute atomic E-state index is 5.97. The number of nitrogens with zero attached hydrogens (tertiary/aromatic N) is 2. The molecule has 0 amide bonds. The van der Waals surface area contributed by atoms with Gasteiger partial charge >= 0.3 is 0 Å². The highest BCUT2D eigenvalue weighted by atomic mass is 35.5. The smallest absolute Gasteiger partial charge is 0.225 e. The summed E-state index contributed by atoms with van der Waals surface area (Å²) in [6.45, 7) is 4.02. The van der Waals surface area contributed by atoms with E-state index in [2.05, 4.69) is 58.7 Å². The summed E-state index contributed by atoms with van der Waals surface area (Å²) in [7, 11) is 0. The Morgan fingerprint density at radius 3 is 2.67 bits per heavy atom. The Kier molecular flexibility index (Phi) is 2.86. The van der Waals surface area contributed by atoms with E-state index in [1.165, 1.54) is 28.2 Å². The van der Waals surface area contributed by atoms with Crippen molar-refractivity contribution in [1.82, 2.24) is 4.57 Å². The molecule has 0 unspecified atom stereocenters. The van der Waals surface area contributed by atoms with E-state index >= 15 is 0 Å². The van der Waals surface area contributed by atoms with Crippen LogP contribution in [0.1, 0.15) is 16.8 Å². The maximum atomic E-state index is 5.97. The summed E-state index contributed by atoms with van der Waals surface area (Å²) in [5.41, 5.74) is 5.30. The van der Waals surface area contributed by atoms with Gasteiger partial charge in [0, 0.05) is 17.5 Å². The van der Waals surface area contributed by atoms with E-state index in [1.54, 1.807) is 0 Å². The van der Waals surface area contributed by atoms with Crippen LogP contribution in [0.15, 0.2) is 54.7 Å². The molecule has 0 aliphatic carbocycles. The lowest BCUT2D eigenvalue weighted by molar-refractivity contribution is -0.671. The van der Waals surface area contributed by atoms with Gasteiger partial charge in [0.1, 0.15) is 25.0 Å². The second-order valence-corrected chi connectivity index (χ2v) is 6.03. The molecule has 1 aromatic heterocycles. The van der Waals surface area contributed by atoms with Crippen molar-refractivity contribution in [1.29, 1.82) is 0 Å². The first-order valence-corrected chi connectivity index (χ1v) is 7.52. The number of aromatic nitrogens is 2. The van der Waals surface area contributed by atoms with Gasteiger partial charge in [-0.1, -0.05) is 41.9 Å². The largest absolute Gasteiger partial charge is 0.290 e. The van der Waals surface area contributed by atoms with Gasteiger partial charge in [0.2, 0.25) is 0 Å². The average Bonchev–Trinajstić information content (AvgIpc) is 2.98. The van der Waals surface area contributed by atoms with E-state index in [1.807, 2.05) is 12.1 Å². The van der Waals surface area contributed by atoms with Gasteiger partial charge in [-0.25, -0.2) is 9.13 Å². The summed E-state index contributed by atoms with van der Waals surface area (Å²) in [5.74, 6) is 1.30. The molecule has 2 nitrogen and oxygen atoms in total. The third-order valence-electron chi connectivity index (χ3n) is 4.15. The Morgan fingerprint density at radius 1 is 1.10 bits per heavy atom. The van der Waals surface area contributed by atoms with Crippen LogP contribution < -0.4 is 4.57 Å². The lowest BCUT2D eigenvalue weighted by Crippen LogP contribution is -2.30. The number of rotatable bonds is 2. The number of hydrogen-bond acceptors (Lipinski definition) is 0. The minimum atomic E-state index is 0.785. The predicted octanol–water partition coefficient (Wildman–Crippen LogP) is 3.81. The molecule has 1 aliphatic rings. The summed E-state index contributed by atoms with van der Waals surface area (Å²) in [4.78, 5) is 0. The van der Waals surface area contributed by atoms with E-state index in [-0.39, 0.29) is 0 Å². The average molecular weight is 296 g/mol. The highest BCUT2D eigenvalue weighted by Gasteiger charge is 2.30. The first-order chi connectivity index (χ1) is 10.2. The van der Waals surface area contributed by atoms with Crippen molar-refractivity contribution in [2.24, 2.45) is 0 Å². The molecule has 3 heteroatoms. The van der Waals surface area contributed by atoms with Crippen molar-refractivity contribution in [2.45, 2.75) is 20.0 Å². The molecule has 0 saturated heterocycles. The zero-order valence-corrected chi connectivity index (χ0v) is 12.6. The van der Waals surface area contributed by atoms with E-state index in [4.69, 9.17) is 11.6 Å². The molecule has 0 atom stereocenters. The molecule has 0 radical (unpaired) electrons. The molecule has 2 heterocycles. The van der Waals surface area contributed by atoms with Crippen LogP contribution in [0.3, 0.4) is 0 Å². The molecule has 0 fully saturated rings. The number of imidazole rings is 1. The van der Waals surface area contributed by atoms with Crippen LogP contribution in [0.2, 0.25) is 5.02 Å². The van der Waals surface area contributed by atoms with E-state index < -0.39 is 0 Å². The van der Waals surface area contributed by atoms with Crippen molar-refractivity contribution in [3.05, 3.63) is 76.6 Å². The number of benzene rings is 2. The number of fused-ring (bicyclic) bond motifs is 3. The quantitative estimate of drug-likeness (QED) is 0.497. The Bertz CT molecular complexity index is 816. The summed E-state index contributed by atoms with van der Waals surface area (Å²) in [6.07, 6.45) is 2.24. The van der Waals surface area contributed by atoms with Crippen LogP contribution >= 0.6 is 11.6 Å². The summed E-state index contributed by atoms with van der Waals surface area (Å²) in [5, 5.41) is 0.785. The second-order valence-electron chi connectivity index (χ2n) is 5.59. The van der Waals surface area contributed by atoms with E-state index in [9.17, 15) is 0 Å². The normalized spacial score (nSPS) is 12.3. The van der Waals surface area contributed by atoms with Gasteiger partial charge in [-0.15, -0.1) is 0 Å². The second kappa shape index (κ2) is 4.74. The van der Waals surface area contributed by atoms with Gasteiger partial charge in [0.05, 0.1) is 5.56 Å². The molecular formula is C18H16ClN2+. The molecule has 0 spiro atoms. The van der Waals surface area contributed by atoms with Crippen molar-refractivity contribution in [2.75, 3.05) is 0 Å². The highest BCUT2D eigenvalue weighted by molar-refractivity contribution is 6.30. The Labute approximate surface area is 129 Å². The molecular weight excluding hydrogens is 280 g/mol. The van der Waals surface area contributed by atoms with Crippen molar-refractivity contribution in [3.8, 4) is 11.4 Å². The Morgan fingerprint density at radius 2 is 1.86 bits per heavy atom. The monoisotopic (exact) mass is 295 g/mol. The molecule has 0 bridgehead atoms. The van der Waals surface area contributed by atoms with Crippen LogP contribution in [-0.2, 0) is 13.1 Å². The van der Waals surface area contributed by atoms with Gasteiger partial charge in [0.25, 0.3) is 5.82 Å². The van der Waals surface area contributed by atoms with E-state index in [0.29, 0.717) is 0 Å². The van der Waals surface area contributed by atoms with Gasteiger partial charge in [-0.3, -0.25) is 0 Å². The molecule has 3 aromatic rings. The predicted molar refractivity (Wildman–Crippen MR) is 84.5 cm³/mol. The topological polar surface area (TPSA) is 8.81 Å². The molecule has 2 aromatic carbocycles. The molecule has 4 rings (SSSR count). The molecule has 0 saturated carbocycles. The molecule has 21 heavy (non-hydrogen) atoms. The van der Waals surface area contributed by atoms with Crippen molar-refractivity contribution >= 4 is 11.6 Å². The third kappa shape index (κ3) is 2.07. The minimum absolute atomic E-state index is 0.785. The fourth-order valence-electron chi connectivity index (χ4n) is 3.13. The Balaban J connectivity index is 1.80. The third-order valence-corrected chi connectivity index (χ3v) is 4.40. The highest BCUT2D eigenvalue weighted by Crippen LogP contribution is 2.28. The van der Waals surface area contributed by atoms with Crippen LogP contribution in [0.25, 0.3) is 11.4 Å². The summed E-state index contributed by atoms with van der Waals surface area (Å²) >= 11 is 5.97. The lowest BCUT2D eigenvalue weighted by atomic mass is 10.1. The molecule has 1 aliphatic heterocycles. The number of hydrogen-bond donors (Lipinski definition) is 0. The van der Waals surface area contributed by atoms with Crippen LogP contribution in [0.4, 0.5) is 0 Å².